The minimum atomic E-state index is -0.395. The van der Waals surface area contributed by atoms with Crippen molar-refractivity contribution >= 4 is 18.1 Å². The number of benzene rings is 1. The summed E-state index contributed by atoms with van der Waals surface area (Å²) >= 11 is 0. The number of cyclic esters (lactones) is 1. The number of carbonyl (C=O) groups excluding carboxylic acids is 2. The van der Waals surface area contributed by atoms with E-state index in [1.807, 2.05) is 57.2 Å². The fourth-order valence-corrected chi connectivity index (χ4v) is 2.14. The minimum absolute atomic E-state index is 0.205. The monoisotopic (exact) mass is 314 g/mol. The van der Waals surface area contributed by atoms with Gasteiger partial charge in [-0.05, 0) is 38.5 Å². The zero-order valence-electron chi connectivity index (χ0n) is 13.7. The maximum Gasteiger partial charge on any atom is 0.414 e. The van der Waals surface area contributed by atoms with Gasteiger partial charge in [-0.15, -0.1) is 0 Å². The van der Waals surface area contributed by atoms with Crippen LogP contribution in [0.25, 0.3) is 6.08 Å². The Morgan fingerprint density at radius 1 is 1.22 bits per heavy atom. The van der Waals surface area contributed by atoms with E-state index in [0.717, 1.165) is 5.56 Å². The molecule has 0 radical (unpaired) electrons. The number of hydrogen-bond donors (Lipinski definition) is 1. The summed E-state index contributed by atoms with van der Waals surface area (Å²) in [7, 11) is 0. The summed E-state index contributed by atoms with van der Waals surface area (Å²) in [6.07, 6.45) is 4.53. The molecule has 1 fully saturated rings. The predicted octanol–water partition coefficient (Wildman–Crippen LogP) is 2.95. The highest BCUT2D eigenvalue weighted by Gasteiger charge is 2.24. The average Bonchev–Trinajstić information content (AvgIpc) is 2.89. The second-order valence-electron chi connectivity index (χ2n) is 6.32. The molecule has 0 aromatic heterocycles. The number of carbonyl (C=O) groups is 2. The highest BCUT2D eigenvalue weighted by atomic mass is 16.6. The standard InChI is InChI=1S/C18H22N2O3/c1-18(2,3)19-16(21)10-9-15(20-11-12-23-17(20)22)13-14-7-5-4-6-8-14/h4-10,13H,11-12H2,1-3H3,(H,19,21)/b10-9+,15-13-. The molecule has 1 aromatic rings. The van der Waals surface area contributed by atoms with Crippen molar-refractivity contribution in [2.24, 2.45) is 0 Å². The van der Waals surface area contributed by atoms with Crippen LogP contribution in [0.1, 0.15) is 26.3 Å². The Hall–Kier alpha value is -2.56. The number of hydrogen-bond acceptors (Lipinski definition) is 3. The number of rotatable bonds is 4. The van der Waals surface area contributed by atoms with Crippen LogP contribution in [0, 0.1) is 0 Å². The van der Waals surface area contributed by atoms with Crippen molar-refractivity contribution in [3.63, 3.8) is 0 Å². The number of ether oxygens (including phenoxy) is 1. The lowest BCUT2D eigenvalue weighted by Gasteiger charge is -2.19. The lowest BCUT2D eigenvalue weighted by molar-refractivity contribution is -0.117. The molecule has 1 heterocycles. The molecule has 5 heteroatoms. The number of amides is 2. The van der Waals surface area contributed by atoms with Crippen LogP contribution in [0.15, 0.2) is 48.2 Å². The molecule has 0 aliphatic carbocycles. The van der Waals surface area contributed by atoms with E-state index in [1.165, 1.54) is 11.0 Å². The predicted molar refractivity (Wildman–Crippen MR) is 89.5 cm³/mol. The van der Waals surface area contributed by atoms with Crippen molar-refractivity contribution in [2.75, 3.05) is 13.2 Å². The van der Waals surface area contributed by atoms with Crippen LogP contribution < -0.4 is 5.32 Å². The number of allylic oxidation sites excluding steroid dienone is 1. The molecule has 0 bridgehead atoms. The maximum atomic E-state index is 12.0. The van der Waals surface area contributed by atoms with Gasteiger partial charge in [-0.1, -0.05) is 30.3 Å². The van der Waals surface area contributed by atoms with E-state index in [9.17, 15) is 9.59 Å². The van der Waals surface area contributed by atoms with Crippen LogP contribution in [0.3, 0.4) is 0 Å². The van der Waals surface area contributed by atoms with Gasteiger partial charge in [0.15, 0.2) is 0 Å². The summed E-state index contributed by atoms with van der Waals surface area (Å²) in [5.74, 6) is -0.205. The molecule has 1 saturated heterocycles. The van der Waals surface area contributed by atoms with Gasteiger partial charge < -0.3 is 10.1 Å². The van der Waals surface area contributed by atoms with Gasteiger partial charge in [0.25, 0.3) is 0 Å². The Balaban J connectivity index is 2.22. The van der Waals surface area contributed by atoms with Crippen molar-refractivity contribution < 1.29 is 14.3 Å². The van der Waals surface area contributed by atoms with Crippen molar-refractivity contribution in [2.45, 2.75) is 26.3 Å². The van der Waals surface area contributed by atoms with Crippen LogP contribution in [-0.2, 0) is 9.53 Å². The first-order valence-electron chi connectivity index (χ1n) is 7.56. The third-order valence-electron chi connectivity index (χ3n) is 3.09. The Labute approximate surface area is 136 Å². The summed E-state index contributed by atoms with van der Waals surface area (Å²) in [5.41, 5.74) is 1.27. The molecule has 1 N–H and O–H groups in total. The van der Waals surface area contributed by atoms with Gasteiger partial charge in [0, 0.05) is 17.3 Å². The molecule has 0 spiro atoms. The summed E-state index contributed by atoms with van der Waals surface area (Å²) in [4.78, 5) is 25.3. The molecule has 1 aromatic carbocycles. The topological polar surface area (TPSA) is 58.6 Å². The largest absolute Gasteiger partial charge is 0.447 e. The van der Waals surface area contributed by atoms with Gasteiger partial charge in [-0.3, -0.25) is 9.69 Å². The van der Waals surface area contributed by atoms with E-state index < -0.39 is 6.09 Å². The van der Waals surface area contributed by atoms with Crippen LogP contribution >= 0.6 is 0 Å². The number of nitrogens with one attached hydrogen (secondary N) is 1. The third-order valence-corrected chi connectivity index (χ3v) is 3.09. The van der Waals surface area contributed by atoms with Crippen LogP contribution in [0.2, 0.25) is 0 Å². The Kier molecular flexibility index (Phi) is 5.21. The molecule has 122 valence electrons. The third kappa shape index (κ3) is 5.29. The highest BCUT2D eigenvalue weighted by molar-refractivity contribution is 5.89. The number of nitrogens with zero attached hydrogens (tertiary/aromatic N) is 1. The van der Waals surface area contributed by atoms with Gasteiger partial charge in [-0.2, -0.15) is 0 Å². The molecular weight excluding hydrogens is 292 g/mol. The highest BCUT2D eigenvalue weighted by Crippen LogP contribution is 2.17. The lowest BCUT2D eigenvalue weighted by Crippen LogP contribution is -2.39. The molecule has 23 heavy (non-hydrogen) atoms. The fraction of sp³-hybridized carbons (Fsp3) is 0.333. The summed E-state index contributed by atoms with van der Waals surface area (Å²) in [5, 5.41) is 2.85. The molecule has 0 unspecified atom stereocenters. The van der Waals surface area contributed by atoms with E-state index in [4.69, 9.17) is 4.74 Å². The molecule has 1 aliphatic rings. The van der Waals surface area contributed by atoms with Gasteiger partial charge in [0.05, 0.1) is 6.54 Å². The first-order valence-corrected chi connectivity index (χ1v) is 7.56. The van der Waals surface area contributed by atoms with Crippen LogP contribution in [-0.4, -0.2) is 35.6 Å². The zero-order valence-corrected chi connectivity index (χ0v) is 13.7. The van der Waals surface area contributed by atoms with Gasteiger partial charge >= 0.3 is 6.09 Å². The molecule has 1 aliphatic heterocycles. The summed E-state index contributed by atoms with van der Waals surface area (Å²) in [6, 6.07) is 9.63. The lowest BCUT2D eigenvalue weighted by atomic mass is 10.1. The molecular formula is C18H22N2O3. The minimum Gasteiger partial charge on any atom is -0.447 e. The van der Waals surface area contributed by atoms with Crippen molar-refractivity contribution in [1.82, 2.24) is 10.2 Å². The van der Waals surface area contributed by atoms with E-state index in [1.54, 1.807) is 6.08 Å². The second kappa shape index (κ2) is 7.13. The first-order chi connectivity index (χ1) is 10.8. The van der Waals surface area contributed by atoms with Gasteiger partial charge in [-0.25, -0.2) is 4.79 Å². The molecule has 2 amide bonds. The Morgan fingerprint density at radius 2 is 1.91 bits per heavy atom. The Bertz CT molecular complexity index is 627. The summed E-state index contributed by atoms with van der Waals surface area (Å²) < 4.78 is 4.98. The van der Waals surface area contributed by atoms with Gasteiger partial charge in [0.2, 0.25) is 5.91 Å². The van der Waals surface area contributed by atoms with E-state index in [0.29, 0.717) is 18.8 Å². The zero-order chi connectivity index (χ0) is 16.9. The normalized spacial score (nSPS) is 15.9. The Morgan fingerprint density at radius 3 is 2.48 bits per heavy atom. The SMILES string of the molecule is CC(C)(C)NC(=O)/C=C/C(=C/c1ccccc1)N1CCOC1=O. The summed E-state index contributed by atoms with van der Waals surface area (Å²) in [6.45, 7) is 6.57. The second-order valence-corrected chi connectivity index (χ2v) is 6.32. The van der Waals surface area contributed by atoms with E-state index in [2.05, 4.69) is 5.32 Å². The smallest absolute Gasteiger partial charge is 0.414 e. The van der Waals surface area contributed by atoms with Crippen LogP contribution in [0.4, 0.5) is 4.79 Å². The van der Waals surface area contributed by atoms with Crippen molar-refractivity contribution in [1.29, 1.82) is 0 Å². The fourth-order valence-electron chi connectivity index (χ4n) is 2.14. The van der Waals surface area contributed by atoms with E-state index >= 15 is 0 Å². The van der Waals surface area contributed by atoms with Gasteiger partial charge in [0.1, 0.15) is 6.61 Å². The van der Waals surface area contributed by atoms with Crippen LogP contribution in [0.5, 0.6) is 0 Å². The van der Waals surface area contributed by atoms with Crippen molar-refractivity contribution in [3.8, 4) is 0 Å². The molecule has 0 atom stereocenters. The first kappa shape index (κ1) is 16.8. The molecule has 0 saturated carbocycles. The van der Waals surface area contributed by atoms with E-state index in [-0.39, 0.29) is 11.4 Å². The average molecular weight is 314 g/mol. The van der Waals surface area contributed by atoms with Crippen molar-refractivity contribution in [3.05, 3.63) is 53.7 Å². The maximum absolute atomic E-state index is 12.0. The molecule has 5 nitrogen and oxygen atoms in total. The molecule has 2 rings (SSSR count). The quantitative estimate of drug-likeness (QED) is 0.686.